The Morgan fingerprint density at radius 1 is 0.434 bits per heavy atom. The largest absolute Gasteiger partial charge is 0.467 e. The van der Waals surface area contributed by atoms with Crippen molar-refractivity contribution in [2.45, 2.75) is 218 Å². The van der Waals surface area contributed by atoms with Crippen LogP contribution in [-0.4, -0.2) is 140 Å². The number of hydrogen-bond acceptors (Lipinski definition) is 21. The minimum absolute atomic E-state index is 0.0175. The van der Waals surface area contributed by atoms with Gasteiger partial charge in [-0.3, -0.25) is 4.90 Å². The van der Waals surface area contributed by atoms with Crippen molar-refractivity contribution >= 4 is 149 Å². The van der Waals surface area contributed by atoms with E-state index in [0.717, 1.165) is 181 Å². The SMILES string of the molecule is COC(=O)[C@@H](OC(C)(C)C)c1c(C)c2c3c(cc(C)n3CCN2)c1-c1ccc(Cl)cc1.COC(=O)[C@@H](OC(C)(C)C)c1c(C)c2c3c(cc(C)n3CCN2/C(N)=N/O)c1-c1ccc(Cl)cc1.COC(=O)[C@@H](OC(C)(C)C)c1c(C)c2c3c(cc(C)n3CCN2C#N)c1-c1ccc(Cl)cc1.COC(=O)[C@@H](OC(C)(C)C)c1c(C)c2c3c(cc(C)n3CCN2c2noc(C)n2)c1-c1ccc(Cl)cc1. The molecule has 0 saturated carbocycles. The van der Waals surface area contributed by atoms with Crippen molar-refractivity contribution in [2.24, 2.45) is 10.9 Å². The van der Waals surface area contributed by atoms with Gasteiger partial charge in [-0.25, -0.2) is 19.2 Å². The van der Waals surface area contributed by atoms with E-state index in [0.29, 0.717) is 75.8 Å². The zero-order chi connectivity index (χ0) is 98.9. The van der Waals surface area contributed by atoms with Crippen molar-refractivity contribution < 1.29 is 66.8 Å². The van der Waals surface area contributed by atoms with Crippen LogP contribution in [0.5, 0.6) is 0 Å². The molecule has 31 heteroatoms. The summed E-state index contributed by atoms with van der Waals surface area (Å²) in [6.45, 7) is 46.7. The second kappa shape index (κ2) is 39.2. The Labute approximate surface area is 813 Å². The molecule has 4 aliphatic rings. The Kier molecular flexibility index (Phi) is 28.8. The molecule has 0 fully saturated rings. The minimum Gasteiger partial charge on any atom is -0.467 e. The third-order valence-corrected chi connectivity index (χ3v) is 25.8. The maximum atomic E-state index is 13.3. The molecule has 136 heavy (non-hydrogen) atoms. The molecule has 716 valence electrons. The molecule has 9 heterocycles. The molecule has 5 aromatic heterocycles. The van der Waals surface area contributed by atoms with Crippen molar-refractivity contribution in [2.75, 3.05) is 74.6 Å². The topological polar surface area (TPSA) is 305 Å². The van der Waals surface area contributed by atoms with E-state index in [-0.39, 0.29) is 5.96 Å². The molecule has 17 rings (SSSR count). The summed E-state index contributed by atoms with van der Waals surface area (Å²) in [6, 6.07) is 39.1. The summed E-state index contributed by atoms with van der Waals surface area (Å²) in [5.74, 6) is -0.903. The number of oxime groups is 1. The molecule has 8 aromatic carbocycles. The van der Waals surface area contributed by atoms with E-state index < -0.39 is 70.7 Å². The van der Waals surface area contributed by atoms with Gasteiger partial charge in [-0.05, 0) is 283 Å². The van der Waals surface area contributed by atoms with Crippen LogP contribution in [0.1, 0.15) is 181 Å². The molecule has 0 bridgehead atoms. The number of aromatic nitrogens is 6. The van der Waals surface area contributed by atoms with E-state index in [2.05, 4.69) is 102 Å². The molecule has 13 aromatic rings. The van der Waals surface area contributed by atoms with Gasteiger partial charge in [-0.2, -0.15) is 10.2 Å². The smallest absolute Gasteiger partial charge is 0.339 e. The zero-order valence-corrected chi connectivity index (χ0v) is 84.8. The van der Waals surface area contributed by atoms with Gasteiger partial charge in [0.15, 0.2) is 30.6 Å². The van der Waals surface area contributed by atoms with Crippen LogP contribution in [0.4, 0.5) is 28.7 Å². The number of nitrogens with two attached hydrogens (primary N) is 1. The molecular formula is C105H119Cl4N13O14. The van der Waals surface area contributed by atoms with Crippen LogP contribution in [0.2, 0.25) is 20.1 Å². The van der Waals surface area contributed by atoms with E-state index in [1.54, 1.807) is 16.7 Å². The van der Waals surface area contributed by atoms with Gasteiger partial charge in [0.1, 0.15) is 0 Å². The van der Waals surface area contributed by atoms with Gasteiger partial charge in [-0.1, -0.05) is 100 Å². The molecule has 0 amide bonds. The summed E-state index contributed by atoms with van der Waals surface area (Å²) in [5.41, 5.74) is 29.8. The highest BCUT2D eigenvalue weighted by Crippen LogP contribution is 2.55. The highest BCUT2D eigenvalue weighted by atomic mass is 35.5. The number of nitrogens with one attached hydrogen (secondary N) is 1. The standard InChI is InChI=1S/C28H31ClN4O4.C26H31ClN4O4.C26H28ClN3O3.C25H29ClN2O3/c1-15-14-20-22(18-8-10-19(29)11-9-18)21(25(26(34)35-7)36-28(4,5)6)16(2)23-24(20)32(15)12-13-33(23)27-30-17(3)37-31-27;1-14-13-18-20(16-7-9-17(27)10-8-16)19(23(24(32)34-6)35-26(3,4)5)15(2)21-22(18)30(14)11-12-31(21)25(28)29-33;1-15-13-19-21(17-7-9-18(27)10-8-17)20(24(25(31)32-6)33-26(3,4)5)16(2)22-23(19)30(15)12-11-29(22)14-28;1-14-13-18-20(16-7-9-17(26)10-8-16)19(23(24(29)30-6)31-25(3,4)5)15(2)21-22(18)28(14)12-11-27-21/h8-11,14,25H,12-13H2,1-7H3;7-10,13,23,33H,11-12H2,1-6H3,(H2,28,29);7-10,13,24H,11-12H2,1-6H3;7-10,13,23,27H,11-12H2,1-6H3/t25-;23-;24-;23-/m0000/s1. The molecular weight excluding hydrogens is 1810 g/mol. The third-order valence-electron chi connectivity index (χ3n) is 24.8. The van der Waals surface area contributed by atoms with Crippen LogP contribution in [0, 0.1) is 73.8 Å². The molecule has 0 spiro atoms. The molecule has 0 unspecified atom stereocenters. The van der Waals surface area contributed by atoms with Gasteiger partial charge >= 0.3 is 23.9 Å². The molecule has 4 aliphatic heterocycles. The first kappa shape index (κ1) is 99.9. The van der Waals surface area contributed by atoms with Crippen molar-refractivity contribution in [1.82, 2.24) is 28.4 Å². The van der Waals surface area contributed by atoms with E-state index in [1.165, 1.54) is 34.1 Å². The lowest BCUT2D eigenvalue weighted by Gasteiger charge is -2.35. The van der Waals surface area contributed by atoms with Crippen LogP contribution in [0.3, 0.4) is 0 Å². The van der Waals surface area contributed by atoms with Crippen molar-refractivity contribution in [3.8, 4) is 50.7 Å². The maximum Gasteiger partial charge on any atom is 0.339 e. The average Bonchev–Trinajstić information content (AvgIpc) is 1.53. The number of nitriles is 1. The lowest BCUT2D eigenvalue weighted by atomic mass is 9.87. The molecule has 0 aliphatic carbocycles. The summed E-state index contributed by atoms with van der Waals surface area (Å²) in [4.78, 5) is 62.7. The number of ether oxygens (including phenoxy) is 8. The molecule has 0 saturated heterocycles. The van der Waals surface area contributed by atoms with Crippen LogP contribution >= 0.6 is 46.4 Å². The second-order valence-electron chi connectivity index (χ2n) is 38.5. The first-order valence-electron chi connectivity index (χ1n) is 45.1. The van der Waals surface area contributed by atoms with Crippen LogP contribution in [0.15, 0.2) is 131 Å². The number of esters is 4. The first-order chi connectivity index (χ1) is 64.2. The summed E-state index contributed by atoms with van der Waals surface area (Å²) >= 11 is 24.8. The number of carbonyl (C=O) groups excluding carboxylic acids is 4. The fourth-order valence-corrected chi connectivity index (χ4v) is 19.9. The van der Waals surface area contributed by atoms with Crippen molar-refractivity contribution in [3.63, 3.8) is 0 Å². The Hall–Kier alpha value is -12.1. The zero-order valence-electron chi connectivity index (χ0n) is 81.8. The number of carbonyl (C=O) groups is 4. The number of halogens is 4. The molecule has 4 N–H and O–H groups in total. The van der Waals surface area contributed by atoms with Gasteiger partial charge in [0.2, 0.25) is 11.9 Å². The number of hydrogen-bond donors (Lipinski definition) is 3. The number of aryl methyl sites for hydroxylation is 5. The third kappa shape index (κ3) is 19.5. The van der Waals surface area contributed by atoms with Gasteiger partial charge in [0, 0.05) is 139 Å². The Balaban J connectivity index is 0.000000145. The molecule has 4 atom stereocenters. The minimum atomic E-state index is -1.01. The number of nitrogens with zero attached hydrogens (tertiary/aromatic N) is 11. The summed E-state index contributed by atoms with van der Waals surface area (Å²) in [6.07, 6.45) is -1.47. The van der Waals surface area contributed by atoms with E-state index in [9.17, 15) is 29.6 Å². The average molecular weight is 1930 g/mol. The van der Waals surface area contributed by atoms with Gasteiger partial charge in [-0.15, -0.1) is 0 Å². The lowest BCUT2D eigenvalue weighted by molar-refractivity contribution is -0.164. The van der Waals surface area contributed by atoms with Gasteiger partial charge in [0.05, 0.1) is 102 Å². The lowest BCUT2D eigenvalue weighted by Crippen LogP contribution is -2.42. The highest BCUT2D eigenvalue weighted by molar-refractivity contribution is 6.32. The normalized spacial score (nSPS) is 14.5. The predicted octanol–water partition coefficient (Wildman–Crippen LogP) is 23.5. The van der Waals surface area contributed by atoms with Crippen molar-refractivity contribution in [1.29, 1.82) is 5.26 Å². The Morgan fingerprint density at radius 3 is 1.06 bits per heavy atom. The Bertz CT molecular complexity index is 6890. The van der Waals surface area contributed by atoms with E-state index in [1.807, 2.05) is 208 Å². The fraction of sp³-hybridized carbons (Fsp3) is 0.390. The number of guanidine groups is 1. The summed E-state index contributed by atoms with van der Waals surface area (Å²) < 4.78 is 60.7. The first-order valence-corrected chi connectivity index (χ1v) is 46.6. The highest BCUT2D eigenvalue weighted by Gasteiger charge is 2.44. The maximum absolute atomic E-state index is 13.3. The van der Waals surface area contributed by atoms with E-state index in [4.69, 9.17) is 94.6 Å². The van der Waals surface area contributed by atoms with E-state index >= 15 is 0 Å². The molecule has 27 nitrogen and oxygen atoms in total. The predicted molar refractivity (Wildman–Crippen MR) is 538 cm³/mol. The summed E-state index contributed by atoms with van der Waals surface area (Å²) in [7, 11) is 5.50. The van der Waals surface area contributed by atoms with Crippen LogP contribution in [-0.2, 0) is 83.3 Å². The fourth-order valence-electron chi connectivity index (χ4n) is 19.4. The van der Waals surface area contributed by atoms with Gasteiger partial charge in [0.25, 0.3) is 5.95 Å². The molecule has 0 radical (unpaired) electrons. The van der Waals surface area contributed by atoms with Crippen LogP contribution in [0.25, 0.3) is 88.1 Å². The second-order valence-corrected chi connectivity index (χ2v) is 40.2. The monoisotopic (exact) mass is 1930 g/mol. The van der Waals surface area contributed by atoms with Crippen LogP contribution < -0.4 is 25.8 Å². The number of benzene rings is 8. The van der Waals surface area contributed by atoms with Gasteiger partial charge < -0.3 is 86.7 Å². The van der Waals surface area contributed by atoms with Crippen molar-refractivity contribution in [3.05, 3.63) is 215 Å². The summed E-state index contributed by atoms with van der Waals surface area (Å²) in [5, 5.41) is 37.0. The number of anilines is 5. The Morgan fingerprint density at radius 2 is 0.735 bits per heavy atom. The quantitative estimate of drug-likeness (QED) is 0.0145. The number of methoxy groups -OCH3 is 4. The number of rotatable bonds is 17.